The molecular weight excluding hydrogens is 290 g/mol. The van der Waals surface area contributed by atoms with E-state index < -0.39 is 17.6 Å². The summed E-state index contributed by atoms with van der Waals surface area (Å²) < 4.78 is 31.7. The molecule has 4 nitrogen and oxygen atoms in total. The van der Waals surface area contributed by atoms with Gasteiger partial charge in [-0.1, -0.05) is 12.1 Å². The van der Waals surface area contributed by atoms with Crippen molar-refractivity contribution in [2.24, 2.45) is 0 Å². The topological polar surface area (TPSA) is 62.1 Å². The number of nitrogens with one attached hydrogen (secondary N) is 1. The predicted molar refractivity (Wildman–Crippen MR) is 76.2 cm³/mol. The van der Waals surface area contributed by atoms with E-state index >= 15 is 0 Å². The third kappa shape index (κ3) is 3.38. The Morgan fingerprint density at radius 3 is 2.73 bits per heavy atom. The fraction of sp³-hybridized carbons (Fsp3) is 0.125. The normalized spacial score (nSPS) is 9.91. The molecule has 2 aromatic rings. The van der Waals surface area contributed by atoms with Gasteiger partial charge in [-0.25, -0.2) is 13.6 Å². The molecule has 0 unspecified atom stereocenters. The Morgan fingerprint density at radius 1 is 1.27 bits per heavy atom. The van der Waals surface area contributed by atoms with Gasteiger partial charge in [0, 0.05) is 12.6 Å². The zero-order valence-corrected chi connectivity index (χ0v) is 11.7. The van der Waals surface area contributed by atoms with Crippen LogP contribution in [0.3, 0.4) is 0 Å². The molecule has 112 valence electrons. The minimum atomic E-state index is -0.985. The SMILES string of the molecule is COC(=O)c1cc(NCc2cccc(C#N)c2)c(F)cc1F. The zero-order chi connectivity index (χ0) is 16.1. The molecule has 6 heteroatoms. The average molecular weight is 302 g/mol. The molecule has 0 aliphatic heterocycles. The number of carbonyl (C=O) groups excluding carboxylic acids is 1. The Balaban J connectivity index is 2.22. The van der Waals surface area contributed by atoms with Crippen LogP contribution in [-0.4, -0.2) is 13.1 Å². The van der Waals surface area contributed by atoms with Gasteiger partial charge in [0.05, 0.1) is 30.0 Å². The molecule has 2 rings (SSSR count). The molecule has 0 spiro atoms. The van der Waals surface area contributed by atoms with E-state index in [1.54, 1.807) is 24.3 Å². The average Bonchev–Trinajstić information content (AvgIpc) is 2.53. The van der Waals surface area contributed by atoms with Crippen LogP contribution in [0.5, 0.6) is 0 Å². The van der Waals surface area contributed by atoms with Gasteiger partial charge in [-0.2, -0.15) is 5.26 Å². The van der Waals surface area contributed by atoms with Crippen molar-refractivity contribution >= 4 is 11.7 Å². The van der Waals surface area contributed by atoms with Crippen molar-refractivity contribution in [3.8, 4) is 6.07 Å². The van der Waals surface area contributed by atoms with E-state index in [0.29, 0.717) is 11.6 Å². The van der Waals surface area contributed by atoms with Gasteiger partial charge in [-0.3, -0.25) is 0 Å². The van der Waals surface area contributed by atoms with Crippen molar-refractivity contribution in [2.45, 2.75) is 6.54 Å². The molecule has 0 aromatic heterocycles. The highest BCUT2D eigenvalue weighted by Crippen LogP contribution is 2.21. The van der Waals surface area contributed by atoms with Crippen LogP contribution >= 0.6 is 0 Å². The number of ether oxygens (including phenoxy) is 1. The van der Waals surface area contributed by atoms with E-state index in [-0.39, 0.29) is 17.8 Å². The van der Waals surface area contributed by atoms with E-state index in [1.807, 2.05) is 6.07 Å². The summed E-state index contributed by atoms with van der Waals surface area (Å²) in [5, 5.41) is 11.6. The van der Waals surface area contributed by atoms with Crippen molar-refractivity contribution in [1.29, 1.82) is 5.26 Å². The van der Waals surface area contributed by atoms with E-state index in [1.165, 1.54) is 0 Å². The maximum absolute atomic E-state index is 13.7. The second kappa shape index (κ2) is 6.68. The van der Waals surface area contributed by atoms with Gasteiger partial charge >= 0.3 is 5.97 Å². The van der Waals surface area contributed by atoms with Crippen LogP contribution in [0.15, 0.2) is 36.4 Å². The lowest BCUT2D eigenvalue weighted by Crippen LogP contribution is -2.08. The van der Waals surface area contributed by atoms with Crippen LogP contribution < -0.4 is 5.32 Å². The van der Waals surface area contributed by atoms with Gasteiger partial charge in [0.25, 0.3) is 0 Å². The van der Waals surface area contributed by atoms with Crippen molar-refractivity contribution < 1.29 is 18.3 Å². The van der Waals surface area contributed by atoms with Crippen LogP contribution in [-0.2, 0) is 11.3 Å². The number of rotatable bonds is 4. The molecule has 0 saturated heterocycles. The third-order valence-corrected chi connectivity index (χ3v) is 3.00. The van der Waals surface area contributed by atoms with Gasteiger partial charge in [0.2, 0.25) is 0 Å². The molecular formula is C16H12F2N2O2. The molecule has 0 bridgehead atoms. The standard InChI is InChI=1S/C16H12F2N2O2/c1-22-16(21)12-6-15(14(18)7-13(12)17)20-9-11-4-2-3-10(5-11)8-19/h2-7,20H,9H2,1H3. The summed E-state index contributed by atoms with van der Waals surface area (Å²) in [6.45, 7) is 0.221. The van der Waals surface area contributed by atoms with E-state index in [0.717, 1.165) is 18.7 Å². The summed E-state index contributed by atoms with van der Waals surface area (Å²) in [6, 6.07) is 10.5. The molecule has 0 fully saturated rings. The number of halogens is 2. The highest BCUT2D eigenvalue weighted by Gasteiger charge is 2.16. The third-order valence-electron chi connectivity index (χ3n) is 3.00. The summed E-state index contributed by atoms with van der Waals surface area (Å²) >= 11 is 0. The number of hydrogen-bond acceptors (Lipinski definition) is 4. The second-order valence-electron chi connectivity index (χ2n) is 4.47. The smallest absolute Gasteiger partial charge is 0.340 e. The minimum Gasteiger partial charge on any atom is -0.465 e. The van der Waals surface area contributed by atoms with Crippen molar-refractivity contribution in [1.82, 2.24) is 0 Å². The monoisotopic (exact) mass is 302 g/mol. The number of anilines is 1. The molecule has 0 saturated carbocycles. The summed E-state index contributed by atoms with van der Waals surface area (Å²) in [6.07, 6.45) is 0. The number of methoxy groups -OCH3 is 1. The summed E-state index contributed by atoms with van der Waals surface area (Å²) in [5.41, 5.74) is 0.859. The van der Waals surface area contributed by atoms with E-state index in [4.69, 9.17) is 5.26 Å². The summed E-state index contributed by atoms with van der Waals surface area (Å²) in [5.74, 6) is -2.69. The first-order chi connectivity index (χ1) is 10.5. The molecule has 0 aliphatic carbocycles. The molecule has 0 atom stereocenters. The Morgan fingerprint density at radius 2 is 2.05 bits per heavy atom. The van der Waals surface area contributed by atoms with Crippen LogP contribution in [0.2, 0.25) is 0 Å². The Hall–Kier alpha value is -2.94. The highest BCUT2D eigenvalue weighted by atomic mass is 19.1. The van der Waals surface area contributed by atoms with Crippen molar-refractivity contribution in [2.75, 3.05) is 12.4 Å². The lowest BCUT2D eigenvalue weighted by atomic mass is 10.1. The van der Waals surface area contributed by atoms with Crippen LogP contribution in [0.25, 0.3) is 0 Å². The molecule has 0 amide bonds. The minimum absolute atomic E-state index is 0.0239. The van der Waals surface area contributed by atoms with Gasteiger partial charge in [0.1, 0.15) is 11.6 Å². The molecule has 2 aromatic carbocycles. The molecule has 0 aliphatic rings. The molecule has 0 radical (unpaired) electrons. The first kappa shape index (κ1) is 15.4. The first-order valence-electron chi connectivity index (χ1n) is 6.35. The molecule has 22 heavy (non-hydrogen) atoms. The highest BCUT2D eigenvalue weighted by molar-refractivity contribution is 5.90. The summed E-state index contributed by atoms with van der Waals surface area (Å²) in [4.78, 5) is 11.4. The molecule has 1 N–H and O–H groups in total. The maximum atomic E-state index is 13.7. The van der Waals surface area contributed by atoms with Crippen LogP contribution in [0.1, 0.15) is 21.5 Å². The quantitative estimate of drug-likeness (QED) is 0.881. The number of esters is 1. The largest absolute Gasteiger partial charge is 0.465 e. The second-order valence-corrected chi connectivity index (χ2v) is 4.47. The van der Waals surface area contributed by atoms with Gasteiger partial charge < -0.3 is 10.1 Å². The number of nitrogens with zero attached hydrogens (tertiary/aromatic N) is 1. The predicted octanol–water partition coefficient (Wildman–Crippen LogP) is 3.24. The van der Waals surface area contributed by atoms with E-state index in [2.05, 4.69) is 10.1 Å². The first-order valence-corrected chi connectivity index (χ1v) is 6.35. The Labute approximate surface area is 125 Å². The van der Waals surface area contributed by atoms with Crippen molar-refractivity contribution in [3.63, 3.8) is 0 Å². The van der Waals surface area contributed by atoms with E-state index in [9.17, 15) is 13.6 Å². The number of carbonyl (C=O) groups is 1. The number of benzene rings is 2. The van der Waals surface area contributed by atoms with Gasteiger partial charge in [0.15, 0.2) is 0 Å². The van der Waals surface area contributed by atoms with Crippen molar-refractivity contribution in [3.05, 3.63) is 64.7 Å². The van der Waals surface area contributed by atoms with Crippen LogP contribution in [0.4, 0.5) is 14.5 Å². The Kier molecular flexibility index (Phi) is 4.69. The van der Waals surface area contributed by atoms with Gasteiger partial charge in [-0.05, 0) is 23.8 Å². The number of hydrogen-bond donors (Lipinski definition) is 1. The Bertz CT molecular complexity index is 754. The van der Waals surface area contributed by atoms with Crippen LogP contribution in [0, 0.1) is 23.0 Å². The maximum Gasteiger partial charge on any atom is 0.340 e. The fourth-order valence-electron chi connectivity index (χ4n) is 1.90. The summed E-state index contributed by atoms with van der Waals surface area (Å²) in [7, 11) is 1.12. The number of nitriles is 1. The van der Waals surface area contributed by atoms with Gasteiger partial charge in [-0.15, -0.1) is 0 Å². The lowest BCUT2D eigenvalue weighted by molar-refractivity contribution is 0.0595. The molecule has 0 heterocycles. The lowest BCUT2D eigenvalue weighted by Gasteiger charge is -2.10. The zero-order valence-electron chi connectivity index (χ0n) is 11.7. The fourth-order valence-corrected chi connectivity index (χ4v) is 1.90.